The van der Waals surface area contributed by atoms with Crippen molar-refractivity contribution in [2.24, 2.45) is 0 Å². The fourth-order valence-corrected chi connectivity index (χ4v) is 2.18. The number of nitrogens with one attached hydrogen (secondary N) is 2. The monoisotopic (exact) mass is 229 g/mol. The van der Waals surface area contributed by atoms with E-state index in [1.54, 1.807) is 6.92 Å². The van der Waals surface area contributed by atoms with Crippen LogP contribution in [-0.4, -0.2) is 16.7 Å². The number of nitrogens with zero attached hydrogens (tertiary/aromatic N) is 1. The fraction of sp³-hybridized carbons (Fsp3) is 0.833. The zero-order chi connectivity index (χ0) is 12.3. The average Bonchev–Trinajstić information content (AvgIpc) is 2.61. The number of allylic oxidation sites excluding steroid dienone is 2. The molecule has 4 heteroatoms. The van der Waals surface area contributed by atoms with Gasteiger partial charge in [-0.1, -0.05) is 20.3 Å². The molecule has 94 valence electrons. The average molecular weight is 229 g/mol. The van der Waals surface area contributed by atoms with E-state index in [4.69, 9.17) is 0 Å². The summed E-state index contributed by atoms with van der Waals surface area (Å²) < 4.78 is 14.7. The maximum absolute atomic E-state index is 14.7. The summed E-state index contributed by atoms with van der Waals surface area (Å²) >= 11 is 0. The Hall–Kier alpha value is -0.770. The largest absolute Gasteiger partial charge is 0.306 e. The lowest BCUT2D eigenvalue weighted by atomic mass is 9.95. The minimum atomic E-state index is -1.26. The van der Waals surface area contributed by atoms with Crippen LogP contribution in [0.25, 0.3) is 0 Å². The molecule has 0 bridgehead atoms. The summed E-state index contributed by atoms with van der Waals surface area (Å²) in [5.41, 5.74) is 6.58. The number of alkyl halides is 1. The predicted octanol–water partition coefficient (Wildman–Crippen LogP) is 2.87. The molecule has 16 heavy (non-hydrogen) atoms. The fourth-order valence-electron chi connectivity index (χ4n) is 2.18. The number of hydrogen-bond donors (Lipinski definition) is 2. The van der Waals surface area contributed by atoms with E-state index in [2.05, 4.69) is 24.8 Å². The van der Waals surface area contributed by atoms with Crippen molar-refractivity contribution in [1.82, 2.24) is 16.0 Å². The third kappa shape index (κ3) is 2.48. The highest BCUT2D eigenvalue weighted by Gasteiger charge is 2.38. The first-order chi connectivity index (χ1) is 7.44. The molecule has 1 aliphatic heterocycles. The summed E-state index contributed by atoms with van der Waals surface area (Å²) in [4.78, 5) is 0. The molecular formula is C12H24FN3. The molecule has 0 spiro atoms. The topological polar surface area (TPSA) is 27.3 Å². The molecule has 0 aromatic heterocycles. The zero-order valence-corrected chi connectivity index (χ0v) is 11.0. The third-order valence-electron chi connectivity index (χ3n) is 2.94. The van der Waals surface area contributed by atoms with Crippen LogP contribution in [0.4, 0.5) is 4.39 Å². The maximum Gasteiger partial charge on any atom is 0.150 e. The van der Waals surface area contributed by atoms with Crippen molar-refractivity contribution < 1.29 is 4.39 Å². The Labute approximate surface area is 98.0 Å². The number of halogens is 1. The van der Waals surface area contributed by atoms with Crippen LogP contribution in [0.5, 0.6) is 0 Å². The van der Waals surface area contributed by atoms with Crippen LogP contribution >= 0.6 is 0 Å². The molecule has 3 nitrogen and oxygen atoms in total. The van der Waals surface area contributed by atoms with Gasteiger partial charge in [0.25, 0.3) is 0 Å². The lowest BCUT2D eigenvalue weighted by Crippen LogP contribution is -2.45. The number of rotatable bonds is 5. The summed E-state index contributed by atoms with van der Waals surface area (Å²) in [5.74, 6) is 0. The first-order valence-corrected chi connectivity index (χ1v) is 6.17. The van der Waals surface area contributed by atoms with Gasteiger partial charge in [0.1, 0.15) is 0 Å². The van der Waals surface area contributed by atoms with Gasteiger partial charge >= 0.3 is 0 Å². The Kier molecular flexibility index (Phi) is 4.19. The Morgan fingerprint density at radius 1 is 1.38 bits per heavy atom. The lowest BCUT2D eigenvalue weighted by molar-refractivity contribution is 0.114. The normalized spacial score (nSPS) is 20.3. The summed E-state index contributed by atoms with van der Waals surface area (Å²) in [7, 11) is 0. The van der Waals surface area contributed by atoms with Gasteiger partial charge in [0, 0.05) is 6.04 Å². The summed E-state index contributed by atoms with van der Waals surface area (Å²) in [6.07, 6.45) is 2.21. The molecule has 1 unspecified atom stereocenters. The predicted molar refractivity (Wildman–Crippen MR) is 65.0 cm³/mol. The van der Waals surface area contributed by atoms with E-state index < -0.39 is 5.67 Å². The van der Waals surface area contributed by atoms with Crippen LogP contribution in [0, 0.1) is 0 Å². The van der Waals surface area contributed by atoms with Crippen LogP contribution in [0.15, 0.2) is 11.4 Å². The first kappa shape index (κ1) is 13.3. The van der Waals surface area contributed by atoms with Crippen molar-refractivity contribution in [1.29, 1.82) is 0 Å². The van der Waals surface area contributed by atoms with Crippen molar-refractivity contribution in [2.75, 3.05) is 0 Å². The van der Waals surface area contributed by atoms with E-state index in [9.17, 15) is 4.39 Å². The first-order valence-electron chi connectivity index (χ1n) is 6.17. The molecule has 0 saturated carbocycles. The van der Waals surface area contributed by atoms with E-state index in [0.29, 0.717) is 6.42 Å². The van der Waals surface area contributed by atoms with Gasteiger partial charge in [0.15, 0.2) is 5.67 Å². The van der Waals surface area contributed by atoms with E-state index in [0.717, 1.165) is 24.2 Å². The molecule has 0 aromatic carbocycles. The molecule has 1 atom stereocenters. The van der Waals surface area contributed by atoms with Crippen molar-refractivity contribution in [2.45, 2.75) is 65.6 Å². The highest BCUT2D eigenvalue weighted by Crippen LogP contribution is 2.34. The van der Waals surface area contributed by atoms with Crippen LogP contribution in [-0.2, 0) is 0 Å². The number of hydrazine groups is 2. The van der Waals surface area contributed by atoms with E-state index >= 15 is 0 Å². The molecule has 1 aliphatic rings. The van der Waals surface area contributed by atoms with Gasteiger partial charge in [-0.25, -0.2) is 4.39 Å². The van der Waals surface area contributed by atoms with E-state index in [-0.39, 0.29) is 6.04 Å². The van der Waals surface area contributed by atoms with Gasteiger partial charge in [-0.05, 0) is 33.6 Å². The Morgan fingerprint density at radius 2 is 2.00 bits per heavy atom. The second-order valence-corrected chi connectivity index (χ2v) is 4.83. The molecule has 0 aromatic rings. The Balaban J connectivity index is 3.02. The molecule has 0 amide bonds. The van der Waals surface area contributed by atoms with Crippen molar-refractivity contribution >= 4 is 0 Å². The smallest absolute Gasteiger partial charge is 0.150 e. The SMILES string of the molecule is CCCC(C)(F)C1=C(CC)NNN1C(C)C. The molecule has 0 fully saturated rings. The Morgan fingerprint density at radius 3 is 2.44 bits per heavy atom. The Bertz CT molecular complexity index is 271. The standard InChI is InChI=1S/C12H24FN3/c1-6-8-12(5,13)11-10(7-2)14-15-16(11)9(3)4/h9,14-15H,6-8H2,1-5H3. The maximum atomic E-state index is 14.7. The van der Waals surface area contributed by atoms with Gasteiger partial charge in [-0.3, -0.25) is 5.01 Å². The lowest BCUT2D eigenvalue weighted by Gasteiger charge is -2.32. The van der Waals surface area contributed by atoms with Gasteiger partial charge in [0.2, 0.25) is 0 Å². The van der Waals surface area contributed by atoms with Crippen molar-refractivity contribution in [3.63, 3.8) is 0 Å². The van der Waals surface area contributed by atoms with Gasteiger partial charge in [0.05, 0.1) is 11.4 Å². The van der Waals surface area contributed by atoms with Crippen LogP contribution < -0.4 is 11.0 Å². The second kappa shape index (κ2) is 5.04. The highest BCUT2D eigenvalue weighted by molar-refractivity contribution is 5.24. The molecule has 2 N–H and O–H groups in total. The second-order valence-electron chi connectivity index (χ2n) is 4.83. The minimum Gasteiger partial charge on any atom is -0.306 e. The molecule has 1 rings (SSSR count). The number of hydrogen-bond acceptors (Lipinski definition) is 3. The van der Waals surface area contributed by atoms with Crippen LogP contribution in [0.1, 0.15) is 53.9 Å². The minimum absolute atomic E-state index is 0.235. The molecule has 1 heterocycles. The van der Waals surface area contributed by atoms with E-state index in [1.165, 1.54) is 0 Å². The quantitative estimate of drug-likeness (QED) is 0.759. The van der Waals surface area contributed by atoms with Gasteiger partial charge < -0.3 is 5.43 Å². The van der Waals surface area contributed by atoms with E-state index in [1.807, 2.05) is 18.9 Å². The summed E-state index contributed by atoms with van der Waals surface area (Å²) in [6.45, 7) is 9.82. The van der Waals surface area contributed by atoms with Crippen LogP contribution in [0.2, 0.25) is 0 Å². The molecule has 0 radical (unpaired) electrons. The zero-order valence-electron chi connectivity index (χ0n) is 11.0. The highest BCUT2D eigenvalue weighted by atomic mass is 19.1. The molecular weight excluding hydrogens is 205 g/mol. The third-order valence-corrected chi connectivity index (χ3v) is 2.94. The van der Waals surface area contributed by atoms with Gasteiger partial charge in [-0.2, -0.15) is 0 Å². The molecule has 0 aliphatic carbocycles. The van der Waals surface area contributed by atoms with Crippen LogP contribution in [0.3, 0.4) is 0 Å². The van der Waals surface area contributed by atoms with Crippen molar-refractivity contribution in [3.8, 4) is 0 Å². The molecule has 0 saturated heterocycles. The summed E-state index contributed by atoms with van der Waals surface area (Å²) in [6, 6.07) is 0.235. The summed E-state index contributed by atoms with van der Waals surface area (Å²) in [5, 5.41) is 1.90. The van der Waals surface area contributed by atoms with Crippen molar-refractivity contribution in [3.05, 3.63) is 11.4 Å². The van der Waals surface area contributed by atoms with Gasteiger partial charge in [-0.15, -0.1) is 5.53 Å².